The van der Waals surface area contributed by atoms with E-state index < -0.39 is 11.9 Å². The Kier molecular flexibility index (Phi) is 4.39. The van der Waals surface area contributed by atoms with E-state index in [9.17, 15) is 9.59 Å². The van der Waals surface area contributed by atoms with E-state index in [1.165, 1.54) is 12.8 Å². The molecule has 2 fully saturated rings. The van der Waals surface area contributed by atoms with Gasteiger partial charge in [0.15, 0.2) is 6.79 Å². The first-order chi connectivity index (χ1) is 10.7. The molecule has 1 aliphatic carbocycles. The highest BCUT2D eigenvalue weighted by molar-refractivity contribution is 6.13. The van der Waals surface area contributed by atoms with Crippen molar-refractivity contribution < 1.29 is 19.1 Å². The molecule has 1 aromatic carbocycles. The van der Waals surface area contributed by atoms with E-state index in [1.54, 1.807) is 12.1 Å². The third-order valence-electron chi connectivity index (χ3n) is 3.72. The highest BCUT2D eigenvalue weighted by atomic mass is 16.7. The Hall–Kier alpha value is -2.34. The third kappa shape index (κ3) is 3.65. The number of benzene rings is 1. The second-order valence-corrected chi connectivity index (χ2v) is 5.37. The Morgan fingerprint density at radius 3 is 2.73 bits per heavy atom. The Labute approximate surface area is 128 Å². The number of carbonyl (C=O) groups excluding carboxylic acids is 2. The topological polar surface area (TPSA) is 76.7 Å². The molecule has 116 valence electrons. The molecular weight excluding hydrogens is 284 g/mol. The van der Waals surface area contributed by atoms with Crippen molar-refractivity contribution in [2.75, 3.05) is 6.79 Å². The number of carbonyl (C=O) groups is 2. The standard InChI is InChI=1S/C16H18N2O4/c19-15-14(17-16(20)18-15)9-11-4-3-7-13(8-11)22-10-21-12-5-1-2-6-12/h3-4,7-9,12H,1-2,5-6,10H2,(H2,17,18,19,20)/b14-9-. The van der Waals surface area contributed by atoms with E-state index in [1.807, 2.05) is 18.2 Å². The number of nitrogens with one attached hydrogen (secondary N) is 2. The number of urea groups is 1. The van der Waals surface area contributed by atoms with Crippen LogP contribution in [0.2, 0.25) is 0 Å². The molecule has 6 nitrogen and oxygen atoms in total. The van der Waals surface area contributed by atoms with Gasteiger partial charge in [0.25, 0.3) is 5.91 Å². The van der Waals surface area contributed by atoms with E-state index in [2.05, 4.69) is 10.6 Å². The van der Waals surface area contributed by atoms with Gasteiger partial charge in [-0.1, -0.05) is 25.0 Å². The van der Waals surface area contributed by atoms with E-state index in [-0.39, 0.29) is 12.5 Å². The number of amides is 3. The quantitative estimate of drug-likeness (QED) is 0.496. The maximum atomic E-state index is 11.5. The highest BCUT2D eigenvalue weighted by Crippen LogP contribution is 2.21. The van der Waals surface area contributed by atoms with Gasteiger partial charge in [-0.25, -0.2) is 4.79 Å². The molecule has 0 radical (unpaired) electrons. The summed E-state index contributed by atoms with van der Waals surface area (Å²) in [4.78, 5) is 22.5. The largest absolute Gasteiger partial charge is 0.468 e. The van der Waals surface area contributed by atoms with Crippen LogP contribution in [0.1, 0.15) is 31.2 Å². The average Bonchev–Trinajstić information content (AvgIpc) is 3.10. The number of imide groups is 1. The molecule has 0 bridgehead atoms. The molecule has 0 spiro atoms. The van der Waals surface area contributed by atoms with Crippen molar-refractivity contribution in [2.24, 2.45) is 0 Å². The Morgan fingerprint density at radius 2 is 2.00 bits per heavy atom. The normalized spacial score (nSPS) is 20.3. The molecule has 1 saturated carbocycles. The second kappa shape index (κ2) is 6.62. The lowest BCUT2D eigenvalue weighted by Crippen LogP contribution is -2.22. The first-order valence-electron chi connectivity index (χ1n) is 7.39. The predicted octanol–water partition coefficient (Wildman–Crippen LogP) is 2.16. The van der Waals surface area contributed by atoms with Gasteiger partial charge in [0, 0.05) is 0 Å². The third-order valence-corrected chi connectivity index (χ3v) is 3.72. The Morgan fingerprint density at radius 1 is 1.18 bits per heavy atom. The molecule has 6 heteroatoms. The lowest BCUT2D eigenvalue weighted by molar-refractivity contribution is -0.115. The SMILES string of the molecule is O=C1NC(=O)/C(=C/c2cccc(OCOC3CCCC3)c2)N1. The van der Waals surface area contributed by atoms with Gasteiger partial charge in [0.2, 0.25) is 0 Å². The van der Waals surface area contributed by atoms with Crippen LogP contribution < -0.4 is 15.4 Å². The predicted molar refractivity (Wildman–Crippen MR) is 79.9 cm³/mol. The summed E-state index contributed by atoms with van der Waals surface area (Å²) in [7, 11) is 0. The summed E-state index contributed by atoms with van der Waals surface area (Å²) in [5.41, 5.74) is 0.995. The number of hydrogen-bond donors (Lipinski definition) is 2. The van der Waals surface area contributed by atoms with Gasteiger partial charge in [0.1, 0.15) is 11.4 Å². The summed E-state index contributed by atoms with van der Waals surface area (Å²) in [5.74, 6) is 0.234. The Bertz CT molecular complexity index is 606. The van der Waals surface area contributed by atoms with Crippen LogP contribution in [-0.2, 0) is 9.53 Å². The maximum absolute atomic E-state index is 11.5. The van der Waals surface area contributed by atoms with E-state index in [0.717, 1.165) is 18.4 Å². The first-order valence-corrected chi connectivity index (χ1v) is 7.39. The minimum atomic E-state index is -0.506. The molecule has 0 atom stereocenters. The van der Waals surface area contributed by atoms with Crippen LogP contribution >= 0.6 is 0 Å². The van der Waals surface area contributed by atoms with Crippen molar-refractivity contribution in [3.8, 4) is 5.75 Å². The van der Waals surface area contributed by atoms with Gasteiger partial charge in [-0.3, -0.25) is 10.1 Å². The number of ether oxygens (including phenoxy) is 2. The smallest absolute Gasteiger partial charge is 0.326 e. The zero-order chi connectivity index (χ0) is 15.4. The van der Waals surface area contributed by atoms with Crippen LogP contribution in [0.3, 0.4) is 0 Å². The number of rotatable bonds is 5. The van der Waals surface area contributed by atoms with E-state index in [0.29, 0.717) is 11.9 Å². The zero-order valence-electron chi connectivity index (χ0n) is 12.1. The molecule has 0 aromatic heterocycles. The minimum Gasteiger partial charge on any atom is -0.468 e. The van der Waals surface area contributed by atoms with Gasteiger partial charge in [-0.15, -0.1) is 0 Å². The second-order valence-electron chi connectivity index (χ2n) is 5.37. The molecule has 1 aliphatic heterocycles. The average molecular weight is 302 g/mol. The highest BCUT2D eigenvalue weighted by Gasteiger charge is 2.22. The van der Waals surface area contributed by atoms with Gasteiger partial charge in [-0.05, 0) is 36.6 Å². The summed E-state index contributed by atoms with van der Waals surface area (Å²) >= 11 is 0. The van der Waals surface area contributed by atoms with Gasteiger partial charge in [0.05, 0.1) is 6.10 Å². The van der Waals surface area contributed by atoms with Crippen LogP contribution in [0, 0.1) is 0 Å². The molecule has 1 heterocycles. The van der Waals surface area contributed by atoms with Crippen molar-refractivity contribution in [2.45, 2.75) is 31.8 Å². The molecule has 1 aromatic rings. The Balaban J connectivity index is 1.59. The fourth-order valence-electron chi connectivity index (χ4n) is 2.60. The monoisotopic (exact) mass is 302 g/mol. The van der Waals surface area contributed by atoms with E-state index in [4.69, 9.17) is 9.47 Å². The molecule has 3 rings (SSSR count). The van der Waals surface area contributed by atoms with Crippen molar-refractivity contribution in [1.29, 1.82) is 0 Å². The first kappa shape index (κ1) is 14.6. The molecule has 22 heavy (non-hydrogen) atoms. The molecule has 1 saturated heterocycles. The lowest BCUT2D eigenvalue weighted by atomic mass is 10.2. The van der Waals surface area contributed by atoms with Gasteiger partial charge < -0.3 is 14.8 Å². The van der Waals surface area contributed by atoms with Crippen molar-refractivity contribution in [1.82, 2.24) is 10.6 Å². The van der Waals surface area contributed by atoms with Crippen LogP contribution in [0.15, 0.2) is 30.0 Å². The van der Waals surface area contributed by atoms with Crippen molar-refractivity contribution >= 4 is 18.0 Å². The molecule has 2 aliphatic rings. The van der Waals surface area contributed by atoms with Gasteiger partial charge in [-0.2, -0.15) is 0 Å². The maximum Gasteiger partial charge on any atom is 0.326 e. The van der Waals surface area contributed by atoms with Gasteiger partial charge >= 0.3 is 6.03 Å². The van der Waals surface area contributed by atoms with Crippen LogP contribution in [0.4, 0.5) is 4.79 Å². The lowest BCUT2D eigenvalue weighted by Gasteiger charge is -2.12. The number of hydrogen-bond acceptors (Lipinski definition) is 4. The minimum absolute atomic E-state index is 0.224. The summed E-state index contributed by atoms with van der Waals surface area (Å²) in [6, 6.07) is 6.77. The van der Waals surface area contributed by atoms with Crippen LogP contribution in [0.25, 0.3) is 6.08 Å². The summed E-state index contributed by atoms with van der Waals surface area (Å²) in [6.07, 6.45) is 6.56. The fourth-order valence-corrected chi connectivity index (χ4v) is 2.60. The van der Waals surface area contributed by atoms with E-state index >= 15 is 0 Å². The van der Waals surface area contributed by atoms with Crippen molar-refractivity contribution in [3.05, 3.63) is 35.5 Å². The molecule has 2 N–H and O–H groups in total. The zero-order valence-corrected chi connectivity index (χ0v) is 12.1. The van der Waals surface area contributed by atoms with Crippen molar-refractivity contribution in [3.63, 3.8) is 0 Å². The summed E-state index contributed by atoms with van der Waals surface area (Å²) in [6.45, 7) is 0.224. The summed E-state index contributed by atoms with van der Waals surface area (Å²) < 4.78 is 11.2. The van der Waals surface area contributed by atoms with Crippen LogP contribution in [-0.4, -0.2) is 24.8 Å². The summed E-state index contributed by atoms with van der Waals surface area (Å²) in [5, 5.41) is 4.61. The fraction of sp³-hybridized carbons (Fsp3) is 0.375. The molecule has 3 amide bonds. The molecular formula is C16H18N2O4. The molecule has 0 unspecified atom stereocenters. The van der Waals surface area contributed by atoms with Crippen LogP contribution in [0.5, 0.6) is 5.75 Å².